The van der Waals surface area contributed by atoms with Crippen molar-refractivity contribution < 1.29 is 25.8 Å². The molecule has 158 valence electrons. The van der Waals surface area contributed by atoms with Gasteiger partial charge in [0.1, 0.15) is 0 Å². The number of benzene rings is 3. The van der Waals surface area contributed by atoms with Gasteiger partial charge < -0.3 is 6.42 Å². The normalized spacial score (nSPS) is 18.7. The number of rotatable bonds is 3. The minimum absolute atomic E-state index is 0. The molecule has 0 heterocycles. The molecular formula is C30H27HfP-2. The molecule has 4 aromatic carbocycles. The van der Waals surface area contributed by atoms with Gasteiger partial charge in [0.15, 0.2) is 0 Å². The Morgan fingerprint density at radius 3 is 2.00 bits per heavy atom. The third-order valence-corrected chi connectivity index (χ3v) is 8.53. The molecule has 0 amide bonds. The first-order valence-corrected chi connectivity index (χ1v) is 12.5. The third-order valence-electron chi connectivity index (χ3n) is 6.13. The minimum atomic E-state index is -0.493. The van der Waals surface area contributed by atoms with E-state index < -0.39 is 7.92 Å². The molecule has 0 radical (unpaired) electrons. The van der Waals surface area contributed by atoms with Crippen LogP contribution in [0.2, 0.25) is 0 Å². The van der Waals surface area contributed by atoms with Gasteiger partial charge in [-0.25, -0.2) is 0 Å². The van der Waals surface area contributed by atoms with Crippen molar-refractivity contribution in [3.05, 3.63) is 128 Å². The van der Waals surface area contributed by atoms with Gasteiger partial charge in [-0.1, -0.05) is 91.4 Å². The van der Waals surface area contributed by atoms with Crippen LogP contribution in [0.15, 0.2) is 121 Å². The first-order valence-electron chi connectivity index (χ1n) is 11.1. The van der Waals surface area contributed by atoms with Crippen molar-refractivity contribution in [2.75, 3.05) is 0 Å². The molecule has 0 aromatic heterocycles. The van der Waals surface area contributed by atoms with Gasteiger partial charge in [0, 0.05) is 25.8 Å². The molecule has 2 unspecified atom stereocenters. The Hall–Kier alpha value is -1.95. The standard InChI is InChI=1S/C21H16P.C9H11.Hf/c1-3-11-19(12-4-1)22(20-13-5-2-6-14-20)21-15-17-9-7-8-10-18(17)16-21;1-2-5-9-7-3-6-8(9)4-1;/h1-16H;1-2,4-6,8-9H,3,7H2;/q2*-1;. The van der Waals surface area contributed by atoms with Crippen molar-refractivity contribution in [1.29, 1.82) is 0 Å². The number of hydrogen-bond donors (Lipinski definition) is 0. The predicted octanol–water partition coefficient (Wildman–Crippen LogP) is 6.66. The second-order valence-electron chi connectivity index (χ2n) is 8.17. The molecule has 2 aliphatic carbocycles. The summed E-state index contributed by atoms with van der Waals surface area (Å²) in [7, 11) is -0.493. The van der Waals surface area contributed by atoms with Crippen LogP contribution in [0.4, 0.5) is 0 Å². The van der Waals surface area contributed by atoms with Gasteiger partial charge in [-0.15, -0.1) is 52.3 Å². The fourth-order valence-electron chi connectivity index (χ4n) is 4.56. The summed E-state index contributed by atoms with van der Waals surface area (Å²) in [6.07, 6.45) is 14.1. The van der Waals surface area contributed by atoms with Gasteiger partial charge in [-0.05, 0) is 24.4 Å². The van der Waals surface area contributed by atoms with E-state index in [2.05, 4.69) is 128 Å². The SMILES string of the molecule is C1=CC2[CH-]CCC2C=C1.[Hf].c1ccc(P(c2ccccc2)c2cc3ccccc3[cH-]2)cc1. The molecule has 0 bridgehead atoms. The van der Waals surface area contributed by atoms with Crippen molar-refractivity contribution in [1.82, 2.24) is 0 Å². The largest absolute Gasteiger partial charge is 0.321 e. The third kappa shape index (κ3) is 5.33. The maximum absolute atomic E-state index is 2.42. The van der Waals surface area contributed by atoms with E-state index in [1.54, 1.807) is 0 Å². The zero-order valence-electron chi connectivity index (χ0n) is 18.1. The van der Waals surface area contributed by atoms with Crippen LogP contribution in [-0.4, -0.2) is 0 Å². The summed E-state index contributed by atoms with van der Waals surface area (Å²) in [6, 6.07) is 35.0. The van der Waals surface area contributed by atoms with E-state index >= 15 is 0 Å². The molecule has 32 heavy (non-hydrogen) atoms. The number of allylic oxidation sites excluding steroid dienone is 4. The summed E-state index contributed by atoms with van der Waals surface area (Å²) in [5.74, 6) is 1.62. The van der Waals surface area contributed by atoms with Gasteiger partial charge in [0.25, 0.3) is 0 Å². The average molecular weight is 597 g/mol. The van der Waals surface area contributed by atoms with Gasteiger partial charge in [-0.2, -0.15) is 12.5 Å². The fourth-order valence-corrected chi connectivity index (χ4v) is 6.93. The molecule has 1 saturated carbocycles. The maximum atomic E-state index is 2.42. The Labute approximate surface area is 212 Å². The zero-order valence-corrected chi connectivity index (χ0v) is 22.6. The minimum Gasteiger partial charge on any atom is -0.321 e. The maximum Gasteiger partial charge on any atom is 0 e. The molecule has 0 N–H and O–H groups in total. The smallest absolute Gasteiger partial charge is 0 e. The van der Waals surface area contributed by atoms with E-state index in [1.165, 1.54) is 39.5 Å². The summed E-state index contributed by atoms with van der Waals surface area (Å²) >= 11 is 0. The zero-order chi connectivity index (χ0) is 20.9. The monoisotopic (exact) mass is 598 g/mol. The van der Waals surface area contributed by atoms with Crippen molar-refractivity contribution in [3.8, 4) is 0 Å². The average Bonchev–Trinajstić information content (AvgIpc) is 3.48. The summed E-state index contributed by atoms with van der Waals surface area (Å²) < 4.78 is 0. The van der Waals surface area contributed by atoms with Crippen LogP contribution in [0, 0.1) is 18.3 Å². The second-order valence-corrected chi connectivity index (χ2v) is 10.4. The van der Waals surface area contributed by atoms with E-state index in [1.807, 2.05) is 0 Å². The van der Waals surface area contributed by atoms with Crippen molar-refractivity contribution >= 4 is 34.6 Å². The van der Waals surface area contributed by atoms with Crippen LogP contribution in [0.1, 0.15) is 12.8 Å². The number of hydrogen-bond acceptors (Lipinski definition) is 0. The van der Waals surface area contributed by atoms with Crippen LogP contribution < -0.4 is 15.9 Å². The van der Waals surface area contributed by atoms with Crippen molar-refractivity contribution in [2.45, 2.75) is 12.8 Å². The van der Waals surface area contributed by atoms with E-state index in [9.17, 15) is 0 Å². The van der Waals surface area contributed by atoms with E-state index in [4.69, 9.17) is 0 Å². The van der Waals surface area contributed by atoms with Crippen LogP contribution in [0.3, 0.4) is 0 Å². The Balaban J connectivity index is 0.000000205. The molecule has 0 saturated heterocycles. The van der Waals surface area contributed by atoms with Gasteiger partial charge >= 0.3 is 0 Å². The Morgan fingerprint density at radius 1 is 0.719 bits per heavy atom. The molecular weight excluding hydrogens is 570 g/mol. The Bertz CT molecular complexity index is 1080. The van der Waals surface area contributed by atoms with Crippen molar-refractivity contribution in [3.63, 3.8) is 0 Å². The van der Waals surface area contributed by atoms with Gasteiger partial charge in [0.05, 0.1) is 0 Å². The topological polar surface area (TPSA) is 0 Å². The van der Waals surface area contributed by atoms with Gasteiger partial charge in [0.2, 0.25) is 0 Å². The molecule has 6 rings (SSSR count). The summed E-state index contributed by atoms with van der Waals surface area (Å²) in [4.78, 5) is 0. The summed E-state index contributed by atoms with van der Waals surface area (Å²) in [5.41, 5.74) is 0. The molecule has 2 heteroatoms. The van der Waals surface area contributed by atoms with Crippen LogP contribution in [0.25, 0.3) is 10.8 Å². The molecule has 1 fully saturated rings. The molecule has 0 nitrogen and oxygen atoms in total. The predicted molar refractivity (Wildman–Crippen MR) is 137 cm³/mol. The first kappa shape index (κ1) is 23.2. The Kier molecular flexibility index (Phi) is 8.17. The van der Waals surface area contributed by atoms with Crippen LogP contribution in [0.5, 0.6) is 0 Å². The van der Waals surface area contributed by atoms with Crippen LogP contribution in [-0.2, 0) is 25.8 Å². The van der Waals surface area contributed by atoms with E-state index in [0.29, 0.717) is 0 Å². The van der Waals surface area contributed by atoms with Gasteiger partial charge in [-0.3, -0.25) is 0 Å². The molecule has 2 atom stereocenters. The van der Waals surface area contributed by atoms with E-state index in [0.717, 1.165) is 11.8 Å². The molecule has 2 aliphatic rings. The molecule has 0 spiro atoms. The first-order chi connectivity index (χ1) is 15.4. The second kappa shape index (κ2) is 11.3. The molecule has 0 aliphatic heterocycles. The number of fused-ring (bicyclic) bond motifs is 2. The van der Waals surface area contributed by atoms with Crippen LogP contribution >= 0.6 is 7.92 Å². The summed E-state index contributed by atoms with van der Waals surface area (Å²) in [6.45, 7) is 0. The molecule has 4 aromatic rings. The fraction of sp³-hybridized carbons (Fsp3) is 0.133. The summed E-state index contributed by atoms with van der Waals surface area (Å²) in [5, 5.41) is 6.89. The quantitative estimate of drug-likeness (QED) is 0.141. The Morgan fingerprint density at radius 2 is 1.34 bits per heavy atom. The van der Waals surface area contributed by atoms with E-state index in [-0.39, 0.29) is 25.8 Å². The van der Waals surface area contributed by atoms with Crippen molar-refractivity contribution in [2.24, 2.45) is 11.8 Å².